The molecule has 0 bridgehead atoms. The van der Waals surface area contributed by atoms with E-state index in [1.165, 1.54) is 0 Å². The van der Waals surface area contributed by atoms with Crippen molar-refractivity contribution in [2.45, 2.75) is 0 Å². The first-order chi connectivity index (χ1) is 15.7. The summed E-state index contributed by atoms with van der Waals surface area (Å²) in [7, 11) is 0. The standard InChI is InChI=1S/C27H19N3O2/c31-26(30-25-16-15-19-8-2-4-14-24(19)29-25)20-10-5-11-21(17-20)28-27(32)23-13-6-9-18-7-1-3-12-22(18)23/h1-17H,(H,28,32)(H,29,30,31). The van der Waals surface area contributed by atoms with Gasteiger partial charge in [0, 0.05) is 22.2 Å². The van der Waals surface area contributed by atoms with Crippen LogP contribution in [0.2, 0.25) is 0 Å². The van der Waals surface area contributed by atoms with Gasteiger partial charge in [0.05, 0.1) is 5.52 Å². The molecule has 2 amide bonds. The zero-order valence-corrected chi connectivity index (χ0v) is 17.1. The van der Waals surface area contributed by atoms with E-state index in [1.54, 1.807) is 36.4 Å². The minimum absolute atomic E-state index is 0.226. The number of hydrogen-bond donors (Lipinski definition) is 2. The van der Waals surface area contributed by atoms with Crippen molar-refractivity contribution in [3.8, 4) is 0 Å². The van der Waals surface area contributed by atoms with Crippen LogP contribution in [-0.4, -0.2) is 16.8 Å². The van der Waals surface area contributed by atoms with Gasteiger partial charge in [0.15, 0.2) is 0 Å². The summed E-state index contributed by atoms with van der Waals surface area (Å²) in [6, 6.07) is 31.6. The van der Waals surface area contributed by atoms with Crippen LogP contribution in [0.15, 0.2) is 103 Å². The van der Waals surface area contributed by atoms with Gasteiger partial charge in [0.1, 0.15) is 5.82 Å². The number of aromatic nitrogens is 1. The summed E-state index contributed by atoms with van der Waals surface area (Å²) in [5.41, 5.74) is 2.36. The molecule has 5 aromatic rings. The molecular weight excluding hydrogens is 398 g/mol. The number of hydrogen-bond acceptors (Lipinski definition) is 3. The zero-order chi connectivity index (χ0) is 21.9. The average molecular weight is 417 g/mol. The highest BCUT2D eigenvalue weighted by Gasteiger charge is 2.12. The van der Waals surface area contributed by atoms with Gasteiger partial charge in [-0.25, -0.2) is 4.98 Å². The van der Waals surface area contributed by atoms with Crippen molar-refractivity contribution >= 4 is 45.0 Å². The molecule has 1 aromatic heterocycles. The van der Waals surface area contributed by atoms with Crippen LogP contribution in [0.25, 0.3) is 21.7 Å². The maximum atomic E-state index is 12.9. The van der Waals surface area contributed by atoms with Gasteiger partial charge >= 0.3 is 0 Å². The Kier molecular flexibility index (Phi) is 5.06. The van der Waals surface area contributed by atoms with E-state index >= 15 is 0 Å². The molecule has 0 saturated carbocycles. The number of fused-ring (bicyclic) bond motifs is 2. The maximum Gasteiger partial charge on any atom is 0.256 e. The smallest absolute Gasteiger partial charge is 0.256 e. The topological polar surface area (TPSA) is 71.1 Å². The van der Waals surface area contributed by atoms with Crippen LogP contribution in [0.5, 0.6) is 0 Å². The van der Waals surface area contributed by atoms with Crippen LogP contribution in [0, 0.1) is 0 Å². The van der Waals surface area contributed by atoms with Gasteiger partial charge in [0.2, 0.25) is 0 Å². The molecule has 0 aliphatic rings. The summed E-state index contributed by atoms with van der Waals surface area (Å²) in [5, 5.41) is 8.60. The fraction of sp³-hybridized carbons (Fsp3) is 0. The fourth-order valence-electron chi connectivity index (χ4n) is 3.68. The lowest BCUT2D eigenvalue weighted by Crippen LogP contribution is -2.15. The van der Waals surface area contributed by atoms with Crippen LogP contribution in [0.3, 0.4) is 0 Å². The van der Waals surface area contributed by atoms with Crippen LogP contribution >= 0.6 is 0 Å². The minimum atomic E-state index is -0.297. The van der Waals surface area contributed by atoms with Gasteiger partial charge in [-0.05, 0) is 53.2 Å². The Morgan fingerprint density at radius 3 is 2.28 bits per heavy atom. The monoisotopic (exact) mass is 417 g/mol. The van der Waals surface area contributed by atoms with E-state index in [1.807, 2.05) is 66.7 Å². The summed E-state index contributed by atoms with van der Waals surface area (Å²) in [4.78, 5) is 30.2. The summed E-state index contributed by atoms with van der Waals surface area (Å²) in [5.74, 6) is -0.0523. The third kappa shape index (κ3) is 3.91. The van der Waals surface area contributed by atoms with Gasteiger partial charge in [-0.3, -0.25) is 9.59 Å². The van der Waals surface area contributed by atoms with E-state index < -0.39 is 0 Å². The largest absolute Gasteiger partial charge is 0.322 e. The van der Waals surface area contributed by atoms with Crippen molar-refractivity contribution in [2.24, 2.45) is 0 Å². The highest BCUT2D eigenvalue weighted by Crippen LogP contribution is 2.21. The van der Waals surface area contributed by atoms with Crippen molar-refractivity contribution in [1.82, 2.24) is 4.98 Å². The summed E-state index contributed by atoms with van der Waals surface area (Å²) in [6.45, 7) is 0. The van der Waals surface area contributed by atoms with Gasteiger partial charge in [-0.1, -0.05) is 60.7 Å². The van der Waals surface area contributed by atoms with Crippen molar-refractivity contribution < 1.29 is 9.59 Å². The molecule has 0 atom stereocenters. The number of rotatable bonds is 4. The Morgan fingerprint density at radius 1 is 0.625 bits per heavy atom. The predicted molar refractivity (Wildman–Crippen MR) is 128 cm³/mol. The quantitative estimate of drug-likeness (QED) is 0.383. The predicted octanol–water partition coefficient (Wildman–Crippen LogP) is 5.89. The van der Waals surface area contributed by atoms with Crippen LogP contribution < -0.4 is 10.6 Å². The number of nitrogens with one attached hydrogen (secondary N) is 2. The molecule has 2 N–H and O–H groups in total. The molecule has 0 aliphatic carbocycles. The van der Waals surface area contributed by atoms with Crippen LogP contribution in [0.4, 0.5) is 11.5 Å². The lowest BCUT2D eigenvalue weighted by molar-refractivity contribution is 0.101. The number of para-hydroxylation sites is 1. The molecule has 4 aromatic carbocycles. The molecular formula is C27H19N3O2. The molecule has 0 fully saturated rings. The molecule has 5 heteroatoms. The van der Waals surface area contributed by atoms with Crippen molar-refractivity contribution in [2.75, 3.05) is 10.6 Å². The van der Waals surface area contributed by atoms with Gasteiger partial charge < -0.3 is 10.6 Å². The molecule has 0 aliphatic heterocycles. The number of amides is 2. The normalized spacial score (nSPS) is 10.8. The molecule has 1 heterocycles. The lowest BCUT2D eigenvalue weighted by Gasteiger charge is -2.10. The highest BCUT2D eigenvalue weighted by molar-refractivity contribution is 6.13. The SMILES string of the molecule is O=C(Nc1ccc2ccccc2n1)c1cccc(NC(=O)c2cccc3ccccc23)c1. The first-order valence-electron chi connectivity index (χ1n) is 10.2. The maximum absolute atomic E-state index is 12.9. The van der Waals surface area contributed by atoms with Crippen molar-refractivity contribution in [1.29, 1.82) is 0 Å². The van der Waals surface area contributed by atoms with Crippen LogP contribution in [-0.2, 0) is 0 Å². The summed E-state index contributed by atoms with van der Waals surface area (Å²) >= 11 is 0. The molecule has 0 radical (unpaired) electrons. The van der Waals surface area contributed by atoms with Crippen molar-refractivity contribution in [3.63, 3.8) is 0 Å². The Balaban J connectivity index is 1.35. The Morgan fingerprint density at radius 2 is 1.38 bits per heavy atom. The Bertz CT molecular complexity index is 1470. The molecule has 5 nitrogen and oxygen atoms in total. The third-order valence-corrected chi connectivity index (χ3v) is 5.26. The molecule has 0 saturated heterocycles. The van der Waals surface area contributed by atoms with E-state index in [2.05, 4.69) is 15.6 Å². The first-order valence-corrected chi connectivity index (χ1v) is 10.2. The van der Waals surface area contributed by atoms with E-state index in [-0.39, 0.29) is 11.8 Å². The number of benzene rings is 4. The molecule has 154 valence electrons. The molecule has 5 rings (SSSR count). The second-order valence-corrected chi connectivity index (χ2v) is 7.40. The zero-order valence-electron chi connectivity index (χ0n) is 17.1. The minimum Gasteiger partial charge on any atom is -0.322 e. The summed E-state index contributed by atoms with van der Waals surface area (Å²) in [6.07, 6.45) is 0. The molecule has 32 heavy (non-hydrogen) atoms. The number of carbonyl (C=O) groups is 2. The Labute approximate surface area is 184 Å². The number of pyridine rings is 1. The van der Waals surface area contributed by atoms with Gasteiger partial charge in [-0.2, -0.15) is 0 Å². The molecule has 0 unspecified atom stereocenters. The summed E-state index contributed by atoms with van der Waals surface area (Å²) < 4.78 is 0. The highest BCUT2D eigenvalue weighted by atomic mass is 16.2. The number of anilines is 2. The van der Waals surface area contributed by atoms with E-state index in [0.29, 0.717) is 22.6 Å². The van der Waals surface area contributed by atoms with E-state index in [0.717, 1.165) is 21.7 Å². The van der Waals surface area contributed by atoms with Gasteiger partial charge in [0.25, 0.3) is 11.8 Å². The van der Waals surface area contributed by atoms with Crippen LogP contribution in [0.1, 0.15) is 20.7 Å². The Hall–Kier alpha value is -4.51. The average Bonchev–Trinajstić information content (AvgIpc) is 2.83. The third-order valence-electron chi connectivity index (χ3n) is 5.26. The van der Waals surface area contributed by atoms with E-state index in [9.17, 15) is 9.59 Å². The fourth-order valence-corrected chi connectivity index (χ4v) is 3.68. The second-order valence-electron chi connectivity index (χ2n) is 7.40. The second kappa shape index (κ2) is 8.32. The molecule has 0 spiro atoms. The lowest BCUT2D eigenvalue weighted by atomic mass is 10.0. The number of nitrogens with zero attached hydrogens (tertiary/aromatic N) is 1. The van der Waals surface area contributed by atoms with Gasteiger partial charge in [-0.15, -0.1) is 0 Å². The number of carbonyl (C=O) groups excluding carboxylic acids is 2. The van der Waals surface area contributed by atoms with E-state index in [4.69, 9.17) is 0 Å². The first kappa shape index (κ1) is 19.5. The van der Waals surface area contributed by atoms with Crippen molar-refractivity contribution in [3.05, 3.63) is 114 Å².